The molecule has 0 spiro atoms. The summed E-state index contributed by atoms with van der Waals surface area (Å²) >= 11 is 0. The molecule has 0 aromatic rings. The zero-order valence-corrected chi connectivity index (χ0v) is 6.63. The Hall–Kier alpha value is -0.330. The molecule has 0 aliphatic heterocycles. The molecule has 2 saturated carbocycles. The molecule has 1 heteroatoms. The monoisotopic (exact) mass is 138 g/mol. The van der Waals surface area contributed by atoms with Gasteiger partial charge in [-0.1, -0.05) is 13.8 Å². The summed E-state index contributed by atoms with van der Waals surface area (Å²) < 4.78 is 0. The van der Waals surface area contributed by atoms with E-state index in [4.69, 9.17) is 0 Å². The molecule has 0 aromatic carbocycles. The molecule has 1 nitrogen and oxygen atoms in total. The number of carbonyl (C=O) groups is 1. The van der Waals surface area contributed by atoms with Crippen molar-refractivity contribution in [2.24, 2.45) is 23.7 Å². The van der Waals surface area contributed by atoms with Crippen LogP contribution in [0, 0.1) is 23.7 Å². The Labute approximate surface area is 61.8 Å². The van der Waals surface area contributed by atoms with Gasteiger partial charge in [-0.15, -0.1) is 0 Å². The molecule has 0 amide bonds. The summed E-state index contributed by atoms with van der Waals surface area (Å²) in [6.07, 6.45) is 2.08. The molecule has 0 radical (unpaired) electrons. The van der Waals surface area contributed by atoms with Crippen molar-refractivity contribution < 1.29 is 4.79 Å². The summed E-state index contributed by atoms with van der Waals surface area (Å²) in [7, 11) is 0. The van der Waals surface area contributed by atoms with Crippen LogP contribution in [0.2, 0.25) is 0 Å². The number of rotatable bonds is 0. The van der Waals surface area contributed by atoms with E-state index in [9.17, 15) is 4.79 Å². The van der Waals surface area contributed by atoms with Gasteiger partial charge in [-0.25, -0.2) is 0 Å². The molecule has 2 aliphatic carbocycles. The third kappa shape index (κ3) is 0.609. The molecule has 10 heavy (non-hydrogen) atoms. The normalized spacial score (nSPS) is 52.4. The lowest BCUT2D eigenvalue weighted by Gasteiger charge is -2.23. The van der Waals surface area contributed by atoms with Crippen LogP contribution < -0.4 is 0 Å². The number of hydrogen-bond donors (Lipinski definition) is 0. The molecule has 0 N–H and O–H groups in total. The minimum Gasteiger partial charge on any atom is -0.299 e. The van der Waals surface area contributed by atoms with Crippen LogP contribution in [0.3, 0.4) is 0 Å². The van der Waals surface area contributed by atoms with Gasteiger partial charge in [-0.3, -0.25) is 4.79 Å². The van der Waals surface area contributed by atoms with Crippen molar-refractivity contribution in [1.29, 1.82) is 0 Å². The lowest BCUT2D eigenvalue weighted by molar-refractivity contribution is -0.123. The first-order valence-corrected chi connectivity index (χ1v) is 4.23. The first-order valence-electron chi connectivity index (χ1n) is 4.23. The Morgan fingerprint density at radius 3 is 2.40 bits per heavy atom. The van der Waals surface area contributed by atoms with Crippen molar-refractivity contribution in [3.63, 3.8) is 0 Å². The SMILES string of the molecule is CC1C(C)[C@@H]2C[C@H]1CC2=O. The van der Waals surface area contributed by atoms with E-state index in [1.54, 1.807) is 0 Å². The summed E-state index contributed by atoms with van der Waals surface area (Å²) in [5.41, 5.74) is 0. The number of Topliss-reactive ketones (excluding diaryl/α,β-unsaturated/α-hetero) is 1. The standard InChI is InChI=1S/C9H14O/c1-5-6(2)8-3-7(5)4-9(8)10/h5-8H,3-4H2,1-2H3/t5?,6?,7-,8-/m0/s1. The van der Waals surface area contributed by atoms with E-state index < -0.39 is 0 Å². The van der Waals surface area contributed by atoms with Gasteiger partial charge in [0.15, 0.2) is 0 Å². The zero-order valence-electron chi connectivity index (χ0n) is 6.63. The minimum absolute atomic E-state index is 0.444. The van der Waals surface area contributed by atoms with Crippen molar-refractivity contribution in [3.05, 3.63) is 0 Å². The molecule has 2 bridgehead atoms. The van der Waals surface area contributed by atoms with E-state index in [1.165, 1.54) is 6.42 Å². The topological polar surface area (TPSA) is 17.1 Å². The summed E-state index contributed by atoms with van der Waals surface area (Å²) in [4.78, 5) is 11.2. The van der Waals surface area contributed by atoms with Gasteiger partial charge in [0.2, 0.25) is 0 Å². The van der Waals surface area contributed by atoms with Gasteiger partial charge in [0.05, 0.1) is 0 Å². The fraction of sp³-hybridized carbons (Fsp3) is 0.889. The Morgan fingerprint density at radius 2 is 2.00 bits per heavy atom. The number of ketones is 1. The van der Waals surface area contributed by atoms with Crippen LogP contribution in [0.5, 0.6) is 0 Å². The molecule has 0 saturated heterocycles. The molecule has 4 atom stereocenters. The van der Waals surface area contributed by atoms with Crippen LogP contribution >= 0.6 is 0 Å². The van der Waals surface area contributed by atoms with Gasteiger partial charge in [-0.2, -0.15) is 0 Å². The second kappa shape index (κ2) is 1.84. The first kappa shape index (κ1) is 6.38. The second-order valence-corrected chi connectivity index (χ2v) is 3.99. The Bertz CT molecular complexity index is 172. The van der Waals surface area contributed by atoms with Gasteiger partial charge in [-0.05, 0) is 24.2 Å². The highest BCUT2D eigenvalue weighted by Gasteiger charge is 2.47. The lowest BCUT2D eigenvalue weighted by Crippen LogP contribution is -2.23. The Balaban J connectivity index is 2.24. The number of hydrogen-bond acceptors (Lipinski definition) is 1. The maximum atomic E-state index is 11.2. The highest BCUT2D eigenvalue weighted by molar-refractivity contribution is 5.84. The van der Waals surface area contributed by atoms with E-state index in [0.717, 1.165) is 18.3 Å². The molecular weight excluding hydrogens is 124 g/mol. The van der Waals surface area contributed by atoms with Crippen LogP contribution in [-0.4, -0.2) is 5.78 Å². The van der Waals surface area contributed by atoms with E-state index in [-0.39, 0.29) is 0 Å². The summed E-state index contributed by atoms with van der Waals surface area (Å²) in [5, 5.41) is 0. The highest BCUT2D eigenvalue weighted by atomic mass is 16.1. The highest BCUT2D eigenvalue weighted by Crippen LogP contribution is 2.49. The van der Waals surface area contributed by atoms with Crippen molar-refractivity contribution in [1.82, 2.24) is 0 Å². The fourth-order valence-electron chi connectivity index (χ4n) is 2.65. The van der Waals surface area contributed by atoms with E-state index >= 15 is 0 Å². The molecule has 2 fully saturated rings. The van der Waals surface area contributed by atoms with Crippen LogP contribution in [-0.2, 0) is 4.79 Å². The Morgan fingerprint density at radius 1 is 1.30 bits per heavy atom. The van der Waals surface area contributed by atoms with Gasteiger partial charge in [0.1, 0.15) is 5.78 Å². The maximum Gasteiger partial charge on any atom is 0.136 e. The quantitative estimate of drug-likeness (QED) is 0.499. The van der Waals surface area contributed by atoms with Gasteiger partial charge >= 0.3 is 0 Å². The second-order valence-electron chi connectivity index (χ2n) is 3.99. The molecule has 0 aromatic heterocycles. The van der Waals surface area contributed by atoms with Crippen LogP contribution in [0.15, 0.2) is 0 Å². The smallest absolute Gasteiger partial charge is 0.136 e. The van der Waals surface area contributed by atoms with E-state index in [1.807, 2.05) is 0 Å². The van der Waals surface area contributed by atoms with Crippen molar-refractivity contribution >= 4 is 5.78 Å². The summed E-state index contributed by atoms with van der Waals surface area (Å²) in [6.45, 7) is 4.52. The first-order chi connectivity index (χ1) is 4.70. The predicted octanol–water partition coefficient (Wildman–Crippen LogP) is 1.87. The van der Waals surface area contributed by atoms with Crippen LogP contribution in [0.25, 0.3) is 0 Å². The van der Waals surface area contributed by atoms with Gasteiger partial charge < -0.3 is 0 Å². The largest absolute Gasteiger partial charge is 0.299 e. The van der Waals surface area contributed by atoms with Crippen LogP contribution in [0.1, 0.15) is 26.7 Å². The third-order valence-corrected chi connectivity index (χ3v) is 3.64. The molecule has 2 aliphatic rings. The average molecular weight is 138 g/mol. The summed E-state index contributed by atoms with van der Waals surface area (Å²) in [6, 6.07) is 0. The van der Waals surface area contributed by atoms with Gasteiger partial charge in [0.25, 0.3) is 0 Å². The molecular formula is C9H14O. The van der Waals surface area contributed by atoms with Crippen molar-refractivity contribution in [2.75, 3.05) is 0 Å². The minimum atomic E-state index is 0.444. The zero-order chi connectivity index (χ0) is 7.30. The summed E-state index contributed by atoms with van der Waals surface area (Å²) in [5.74, 6) is 3.21. The van der Waals surface area contributed by atoms with E-state index in [0.29, 0.717) is 17.6 Å². The number of carbonyl (C=O) groups excluding carboxylic acids is 1. The fourth-order valence-corrected chi connectivity index (χ4v) is 2.65. The third-order valence-electron chi connectivity index (χ3n) is 3.64. The lowest BCUT2D eigenvalue weighted by atomic mass is 9.81. The van der Waals surface area contributed by atoms with Crippen molar-refractivity contribution in [2.45, 2.75) is 26.7 Å². The van der Waals surface area contributed by atoms with Crippen molar-refractivity contribution in [3.8, 4) is 0 Å². The number of fused-ring (bicyclic) bond motifs is 2. The molecule has 56 valence electrons. The predicted molar refractivity (Wildman–Crippen MR) is 39.5 cm³/mol. The average Bonchev–Trinajstić information content (AvgIpc) is 2.36. The molecule has 2 unspecified atom stereocenters. The maximum absolute atomic E-state index is 11.2. The Kier molecular flexibility index (Phi) is 1.17. The van der Waals surface area contributed by atoms with Gasteiger partial charge in [0, 0.05) is 12.3 Å². The molecule has 2 rings (SSSR count). The van der Waals surface area contributed by atoms with E-state index in [2.05, 4.69) is 13.8 Å². The molecule has 0 heterocycles. The van der Waals surface area contributed by atoms with Crippen LogP contribution in [0.4, 0.5) is 0 Å².